The van der Waals surface area contributed by atoms with E-state index >= 15 is 0 Å². The Balaban J connectivity index is 1.58. The molecule has 2 heterocycles. The Morgan fingerprint density at radius 3 is 2.48 bits per heavy atom. The lowest BCUT2D eigenvalue weighted by molar-refractivity contribution is 0.591. The first-order valence-corrected chi connectivity index (χ1v) is 11.9. The minimum atomic E-state index is -0.114. The van der Waals surface area contributed by atoms with E-state index in [0.29, 0.717) is 0 Å². The predicted octanol–water partition coefficient (Wildman–Crippen LogP) is 5.59. The number of allylic oxidation sites excluding steroid dienone is 3. The lowest BCUT2D eigenvalue weighted by atomic mass is 9.75. The van der Waals surface area contributed by atoms with Gasteiger partial charge < -0.3 is 9.47 Å². The third kappa shape index (κ3) is 2.55. The summed E-state index contributed by atoms with van der Waals surface area (Å²) in [6.07, 6.45) is 14.3. The Morgan fingerprint density at radius 2 is 1.64 bits per heavy atom. The maximum Gasteiger partial charge on any atom is 0.0662 e. The highest BCUT2D eigenvalue weighted by molar-refractivity contribution is 5.88. The molecule has 7 rings (SSSR count). The van der Waals surface area contributed by atoms with Gasteiger partial charge in [0.05, 0.1) is 16.9 Å². The fourth-order valence-electron chi connectivity index (χ4n) is 6.10. The van der Waals surface area contributed by atoms with Gasteiger partial charge in [-0.1, -0.05) is 72.8 Å². The van der Waals surface area contributed by atoms with Crippen molar-refractivity contribution in [3.8, 4) is 5.69 Å². The number of hydrogen-bond donors (Lipinski definition) is 0. The van der Waals surface area contributed by atoms with E-state index in [1.807, 2.05) is 0 Å². The molecular weight excluding hydrogens is 400 g/mol. The van der Waals surface area contributed by atoms with Gasteiger partial charge in [-0.15, -0.1) is 0 Å². The van der Waals surface area contributed by atoms with Gasteiger partial charge in [-0.25, -0.2) is 0 Å². The fraction of sp³-hybridized carbons (Fsp3) is 0.161. The summed E-state index contributed by atoms with van der Waals surface area (Å²) in [4.78, 5) is 2.57. The van der Waals surface area contributed by atoms with Crippen LogP contribution in [0.15, 0.2) is 103 Å². The van der Waals surface area contributed by atoms with Gasteiger partial charge in [0.1, 0.15) is 0 Å². The van der Waals surface area contributed by atoms with Gasteiger partial charge in [0.15, 0.2) is 0 Å². The van der Waals surface area contributed by atoms with Crippen LogP contribution in [-0.4, -0.2) is 10.6 Å². The van der Waals surface area contributed by atoms with Gasteiger partial charge >= 0.3 is 0 Å². The van der Waals surface area contributed by atoms with Crippen LogP contribution in [0.5, 0.6) is 0 Å². The number of nitrogens with zero attached hydrogens (tertiary/aromatic N) is 2. The highest BCUT2D eigenvalue weighted by Crippen LogP contribution is 2.49. The number of aromatic nitrogens is 1. The van der Waals surface area contributed by atoms with Crippen LogP contribution in [0.4, 0.5) is 5.69 Å². The average Bonchev–Trinajstić information content (AvgIpc) is 3.32. The third-order valence-corrected chi connectivity index (χ3v) is 7.62. The lowest BCUT2D eigenvalue weighted by Crippen LogP contribution is -2.48. The van der Waals surface area contributed by atoms with Crippen molar-refractivity contribution in [3.05, 3.63) is 119 Å². The Bertz CT molecular complexity index is 1590. The first kappa shape index (κ1) is 18.8. The van der Waals surface area contributed by atoms with E-state index in [2.05, 4.69) is 126 Å². The summed E-state index contributed by atoms with van der Waals surface area (Å²) < 4.78 is 2.44. The molecule has 4 aromatic rings. The zero-order valence-corrected chi connectivity index (χ0v) is 18.8. The number of para-hydroxylation sites is 3. The van der Waals surface area contributed by atoms with E-state index in [-0.39, 0.29) is 11.5 Å². The van der Waals surface area contributed by atoms with E-state index in [0.717, 1.165) is 12.8 Å². The molecule has 0 N–H and O–H groups in total. The maximum absolute atomic E-state index is 2.57. The topological polar surface area (TPSA) is 8.17 Å². The fourth-order valence-corrected chi connectivity index (χ4v) is 6.10. The van der Waals surface area contributed by atoms with Crippen LogP contribution in [-0.2, 0) is 5.41 Å². The van der Waals surface area contributed by atoms with Crippen LogP contribution in [0, 0.1) is 0 Å². The largest absolute Gasteiger partial charge is 0.333 e. The van der Waals surface area contributed by atoms with E-state index < -0.39 is 0 Å². The standard InChI is InChI=1S/C31H26N2/c1-31-21-29-25(24-16-8-10-18-27(24)32(29)22-12-4-2-5-13-22)20-30(31)33(23-14-6-3-7-15-23)28-19-11-9-17-26(28)31/h2,4-6,8-21,30H,3,7H2,1H3. The normalized spacial score (nSPS) is 22.8. The summed E-state index contributed by atoms with van der Waals surface area (Å²) in [5.74, 6) is 0. The minimum absolute atomic E-state index is 0.114. The molecule has 1 aliphatic heterocycles. The van der Waals surface area contributed by atoms with E-state index in [1.54, 1.807) is 0 Å². The molecular formula is C31H26N2. The second kappa shape index (κ2) is 6.86. The molecule has 3 aromatic carbocycles. The van der Waals surface area contributed by atoms with Gasteiger partial charge in [0.2, 0.25) is 0 Å². The second-order valence-corrected chi connectivity index (χ2v) is 9.52. The molecule has 0 amide bonds. The molecule has 0 spiro atoms. The van der Waals surface area contributed by atoms with Gasteiger partial charge in [-0.05, 0) is 61.7 Å². The van der Waals surface area contributed by atoms with Crippen LogP contribution in [0.2, 0.25) is 0 Å². The summed E-state index contributed by atoms with van der Waals surface area (Å²) >= 11 is 0. The summed E-state index contributed by atoms with van der Waals surface area (Å²) in [6, 6.07) is 28.8. The van der Waals surface area contributed by atoms with Crippen LogP contribution >= 0.6 is 0 Å². The Kier molecular flexibility index (Phi) is 3.90. The Morgan fingerprint density at radius 1 is 0.848 bits per heavy atom. The molecule has 0 fully saturated rings. The summed E-state index contributed by atoms with van der Waals surface area (Å²) in [5, 5.41) is 3.96. The molecule has 0 saturated heterocycles. The molecule has 2 nitrogen and oxygen atoms in total. The van der Waals surface area contributed by atoms with E-state index in [9.17, 15) is 0 Å². The van der Waals surface area contributed by atoms with Crippen molar-refractivity contribution in [2.24, 2.45) is 0 Å². The SMILES string of the molecule is CC12C=c3c(c4ccccc4n3-c3ccccc3)=CC1N(C1=CCCC=C1)c1ccccc12. The van der Waals surface area contributed by atoms with Crippen LogP contribution in [0.1, 0.15) is 25.3 Å². The minimum Gasteiger partial charge on any atom is -0.333 e. The van der Waals surface area contributed by atoms with Gasteiger partial charge in [0.25, 0.3) is 0 Å². The van der Waals surface area contributed by atoms with Crippen molar-refractivity contribution < 1.29 is 0 Å². The predicted molar refractivity (Wildman–Crippen MR) is 138 cm³/mol. The number of fused-ring (bicyclic) bond motifs is 6. The quantitative estimate of drug-likeness (QED) is 0.406. The summed E-state index contributed by atoms with van der Waals surface area (Å²) in [7, 11) is 0. The Labute approximate surface area is 194 Å². The molecule has 2 unspecified atom stereocenters. The average molecular weight is 427 g/mol. The lowest BCUT2D eigenvalue weighted by Gasteiger charge is -2.35. The highest BCUT2D eigenvalue weighted by atomic mass is 15.2. The second-order valence-electron chi connectivity index (χ2n) is 9.52. The maximum atomic E-state index is 2.57. The van der Waals surface area contributed by atoms with Crippen molar-refractivity contribution in [2.45, 2.75) is 31.2 Å². The number of anilines is 1. The van der Waals surface area contributed by atoms with Crippen LogP contribution in [0.3, 0.4) is 0 Å². The molecule has 3 aliphatic rings. The molecule has 2 atom stereocenters. The monoisotopic (exact) mass is 426 g/mol. The number of hydrogen-bond acceptors (Lipinski definition) is 1. The summed E-state index contributed by atoms with van der Waals surface area (Å²) in [5.41, 5.74) is 6.42. The van der Waals surface area contributed by atoms with Gasteiger partial charge in [0, 0.05) is 33.1 Å². The Hall–Kier alpha value is -3.78. The van der Waals surface area contributed by atoms with E-state index in [1.165, 1.54) is 44.1 Å². The van der Waals surface area contributed by atoms with Crippen molar-refractivity contribution in [3.63, 3.8) is 0 Å². The van der Waals surface area contributed by atoms with Crippen LogP contribution < -0.4 is 15.5 Å². The molecule has 0 bridgehead atoms. The van der Waals surface area contributed by atoms with Crippen molar-refractivity contribution in [1.82, 2.24) is 4.57 Å². The third-order valence-electron chi connectivity index (χ3n) is 7.62. The number of rotatable bonds is 2. The first-order chi connectivity index (χ1) is 16.3. The first-order valence-electron chi connectivity index (χ1n) is 11.9. The smallest absolute Gasteiger partial charge is 0.0662 e. The van der Waals surface area contributed by atoms with Gasteiger partial charge in [-0.2, -0.15) is 0 Å². The molecule has 33 heavy (non-hydrogen) atoms. The highest BCUT2D eigenvalue weighted by Gasteiger charge is 2.47. The van der Waals surface area contributed by atoms with Crippen LogP contribution in [0.25, 0.3) is 28.7 Å². The molecule has 0 radical (unpaired) electrons. The van der Waals surface area contributed by atoms with Gasteiger partial charge in [-0.3, -0.25) is 0 Å². The number of benzene rings is 3. The zero-order valence-electron chi connectivity index (χ0n) is 18.8. The van der Waals surface area contributed by atoms with Crippen molar-refractivity contribution >= 4 is 28.7 Å². The van der Waals surface area contributed by atoms with E-state index in [4.69, 9.17) is 0 Å². The molecule has 160 valence electrons. The molecule has 1 aromatic heterocycles. The molecule has 2 aliphatic carbocycles. The molecule has 0 saturated carbocycles. The zero-order chi connectivity index (χ0) is 22.0. The summed E-state index contributed by atoms with van der Waals surface area (Å²) in [6.45, 7) is 2.41. The van der Waals surface area contributed by atoms with Crippen molar-refractivity contribution in [1.29, 1.82) is 0 Å². The molecule has 2 heteroatoms. The van der Waals surface area contributed by atoms with Crippen molar-refractivity contribution in [2.75, 3.05) is 4.90 Å².